The summed E-state index contributed by atoms with van der Waals surface area (Å²) in [5, 5.41) is 11.1. The lowest BCUT2D eigenvalue weighted by Crippen LogP contribution is -2.37. The van der Waals surface area contributed by atoms with Gasteiger partial charge in [0.15, 0.2) is 6.17 Å². The third-order valence-electron chi connectivity index (χ3n) is 1.86. The van der Waals surface area contributed by atoms with Crippen molar-refractivity contribution in [2.24, 2.45) is 5.73 Å². The SMILES string of the molecule is NC(Nc1ccc(CC=O)cc1)C(=O)O. The Morgan fingerprint density at radius 2 is 2.07 bits per heavy atom. The summed E-state index contributed by atoms with van der Waals surface area (Å²) in [6, 6.07) is 6.85. The van der Waals surface area contributed by atoms with E-state index in [9.17, 15) is 9.59 Å². The maximum Gasteiger partial charge on any atom is 0.341 e. The summed E-state index contributed by atoms with van der Waals surface area (Å²) >= 11 is 0. The van der Waals surface area contributed by atoms with Crippen molar-refractivity contribution in [2.45, 2.75) is 12.6 Å². The van der Waals surface area contributed by atoms with Crippen LogP contribution in [0.1, 0.15) is 5.56 Å². The molecule has 4 N–H and O–H groups in total. The molecule has 5 heteroatoms. The number of carboxylic acid groups (broad SMARTS) is 1. The molecule has 15 heavy (non-hydrogen) atoms. The summed E-state index contributed by atoms with van der Waals surface area (Å²) in [6.45, 7) is 0. The van der Waals surface area contributed by atoms with Crippen LogP contribution < -0.4 is 11.1 Å². The fourth-order valence-corrected chi connectivity index (χ4v) is 1.07. The van der Waals surface area contributed by atoms with Crippen molar-refractivity contribution in [3.8, 4) is 0 Å². The molecule has 0 saturated carbocycles. The van der Waals surface area contributed by atoms with Crippen LogP contribution in [0.25, 0.3) is 0 Å². The van der Waals surface area contributed by atoms with Crippen LogP contribution in [0.2, 0.25) is 0 Å². The highest BCUT2D eigenvalue weighted by atomic mass is 16.4. The number of rotatable bonds is 5. The number of carbonyl (C=O) groups excluding carboxylic acids is 1. The van der Waals surface area contributed by atoms with E-state index in [1.165, 1.54) is 0 Å². The molecule has 0 aliphatic rings. The van der Waals surface area contributed by atoms with Crippen LogP contribution in [-0.4, -0.2) is 23.5 Å². The van der Waals surface area contributed by atoms with Gasteiger partial charge in [-0.15, -0.1) is 0 Å². The fraction of sp³-hybridized carbons (Fsp3) is 0.200. The lowest BCUT2D eigenvalue weighted by Gasteiger charge is -2.10. The van der Waals surface area contributed by atoms with Gasteiger partial charge in [-0.1, -0.05) is 12.1 Å². The number of carboxylic acids is 1. The van der Waals surface area contributed by atoms with E-state index in [1.807, 2.05) is 0 Å². The fourth-order valence-electron chi connectivity index (χ4n) is 1.07. The summed E-state index contributed by atoms with van der Waals surface area (Å²) in [4.78, 5) is 20.7. The molecule has 0 bridgehead atoms. The van der Waals surface area contributed by atoms with Gasteiger partial charge in [-0.3, -0.25) is 0 Å². The Morgan fingerprint density at radius 3 is 2.53 bits per heavy atom. The maximum absolute atomic E-state index is 10.4. The van der Waals surface area contributed by atoms with Crippen molar-refractivity contribution in [1.29, 1.82) is 0 Å². The van der Waals surface area contributed by atoms with Gasteiger partial charge in [0, 0.05) is 12.1 Å². The van der Waals surface area contributed by atoms with Gasteiger partial charge in [0.2, 0.25) is 0 Å². The molecule has 1 rings (SSSR count). The Bertz CT molecular complexity index is 348. The van der Waals surface area contributed by atoms with Gasteiger partial charge in [-0.25, -0.2) is 4.79 Å². The van der Waals surface area contributed by atoms with Gasteiger partial charge in [0.25, 0.3) is 0 Å². The van der Waals surface area contributed by atoms with Crippen molar-refractivity contribution in [1.82, 2.24) is 0 Å². The number of carbonyl (C=O) groups is 2. The second-order valence-electron chi connectivity index (χ2n) is 3.03. The summed E-state index contributed by atoms with van der Waals surface area (Å²) < 4.78 is 0. The molecule has 0 radical (unpaired) electrons. The highest BCUT2D eigenvalue weighted by Crippen LogP contribution is 2.09. The number of anilines is 1. The monoisotopic (exact) mass is 208 g/mol. The average molecular weight is 208 g/mol. The highest BCUT2D eigenvalue weighted by molar-refractivity contribution is 5.76. The first-order chi connectivity index (χ1) is 7.13. The van der Waals surface area contributed by atoms with Crippen LogP contribution in [0.5, 0.6) is 0 Å². The van der Waals surface area contributed by atoms with Crippen molar-refractivity contribution in [2.75, 3.05) is 5.32 Å². The molecule has 1 aromatic rings. The van der Waals surface area contributed by atoms with E-state index < -0.39 is 12.1 Å². The second-order valence-corrected chi connectivity index (χ2v) is 3.03. The van der Waals surface area contributed by atoms with Gasteiger partial charge in [-0.2, -0.15) is 0 Å². The molecule has 80 valence electrons. The Hall–Kier alpha value is -1.88. The smallest absolute Gasteiger partial charge is 0.341 e. The van der Waals surface area contributed by atoms with Gasteiger partial charge >= 0.3 is 5.97 Å². The van der Waals surface area contributed by atoms with Gasteiger partial charge in [0.05, 0.1) is 0 Å². The molecule has 0 saturated heterocycles. The molecule has 5 nitrogen and oxygen atoms in total. The summed E-state index contributed by atoms with van der Waals surface area (Å²) in [5.74, 6) is -1.12. The van der Waals surface area contributed by atoms with Crippen molar-refractivity contribution in [3.05, 3.63) is 29.8 Å². The Kier molecular flexibility index (Phi) is 3.82. The standard InChI is InChI=1S/C10H12N2O3/c11-9(10(14)15)12-8-3-1-7(2-4-8)5-6-13/h1-4,6,9,12H,5,11H2,(H,14,15). The Morgan fingerprint density at radius 1 is 1.47 bits per heavy atom. The van der Waals surface area contributed by atoms with Gasteiger partial charge < -0.3 is 21.0 Å². The topological polar surface area (TPSA) is 92.4 Å². The Balaban J connectivity index is 2.64. The van der Waals surface area contributed by atoms with Crippen molar-refractivity contribution in [3.63, 3.8) is 0 Å². The first-order valence-electron chi connectivity index (χ1n) is 4.41. The van der Waals surface area contributed by atoms with Crippen LogP contribution in [0.15, 0.2) is 24.3 Å². The molecule has 0 aliphatic heterocycles. The van der Waals surface area contributed by atoms with Gasteiger partial charge in [0.1, 0.15) is 6.29 Å². The zero-order valence-corrected chi connectivity index (χ0v) is 8.01. The van der Waals surface area contributed by atoms with Crippen LogP contribution >= 0.6 is 0 Å². The van der Waals surface area contributed by atoms with Gasteiger partial charge in [-0.05, 0) is 17.7 Å². The average Bonchev–Trinajstić information content (AvgIpc) is 2.21. The van der Waals surface area contributed by atoms with E-state index in [-0.39, 0.29) is 0 Å². The largest absolute Gasteiger partial charge is 0.479 e. The molecule has 0 aromatic heterocycles. The number of aliphatic carboxylic acids is 1. The maximum atomic E-state index is 10.4. The van der Waals surface area contributed by atoms with Crippen molar-refractivity contribution < 1.29 is 14.7 Å². The third kappa shape index (κ3) is 3.40. The molecular formula is C10H12N2O3. The molecular weight excluding hydrogens is 196 g/mol. The molecule has 0 aliphatic carbocycles. The predicted octanol–water partition coefficient (Wildman–Crippen LogP) is 0.209. The predicted molar refractivity (Wildman–Crippen MR) is 55.4 cm³/mol. The quantitative estimate of drug-likeness (QED) is 0.475. The van der Waals surface area contributed by atoms with Crippen LogP contribution in [0, 0.1) is 0 Å². The minimum absolute atomic E-state index is 0.352. The molecule has 1 atom stereocenters. The van der Waals surface area contributed by atoms with E-state index in [2.05, 4.69) is 5.32 Å². The summed E-state index contributed by atoms with van der Waals surface area (Å²) in [7, 11) is 0. The highest BCUT2D eigenvalue weighted by Gasteiger charge is 2.09. The second kappa shape index (κ2) is 5.11. The number of nitrogens with two attached hydrogens (primary N) is 1. The molecule has 0 fully saturated rings. The number of hydrogen-bond donors (Lipinski definition) is 3. The van der Waals surface area contributed by atoms with E-state index >= 15 is 0 Å². The number of nitrogens with one attached hydrogen (secondary N) is 1. The third-order valence-corrected chi connectivity index (χ3v) is 1.86. The van der Waals surface area contributed by atoms with Crippen LogP contribution in [-0.2, 0) is 16.0 Å². The number of benzene rings is 1. The zero-order valence-electron chi connectivity index (χ0n) is 8.01. The molecule has 0 amide bonds. The lowest BCUT2D eigenvalue weighted by atomic mass is 10.1. The van der Waals surface area contributed by atoms with E-state index in [1.54, 1.807) is 24.3 Å². The first-order valence-corrected chi connectivity index (χ1v) is 4.41. The van der Waals surface area contributed by atoms with Crippen molar-refractivity contribution >= 4 is 17.9 Å². The van der Waals surface area contributed by atoms with Crippen LogP contribution in [0.4, 0.5) is 5.69 Å². The summed E-state index contributed by atoms with van der Waals surface area (Å²) in [5.41, 5.74) is 6.76. The van der Waals surface area contributed by atoms with Crippen LogP contribution in [0.3, 0.4) is 0 Å². The minimum Gasteiger partial charge on any atom is -0.479 e. The minimum atomic E-state index is -1.12. The number of aldehydes is 1. The molecule has 0 heterocycles. The normalized spacial score (nSPS) is 11.8. The molecule has 1 aromatic carbocycles. The molecule has 0 spiro atoms. The van der Waals surface area contributed by atoms with E-state index in [0.717, 1.165) is 11.8 Å². The van der Waals surface area contributed by atoms with E-state index in [0.29, 0.717) is 12.1 Å². The first kappa shape index (κ1) is 11.2. The zero-order chi connectivity index (χ0) is 11.3. The molecule has 1 unspecified atom stereocenters. The number of hydrogen-bond acceptors (Lipinski definition) is 4. The Labute approximate surface area is 86.9 Å². The summed E-state index contributed by atoms with van der Waals surface area (Å²) in [6.07, 6.45) is 0.0402. The lowest BCUT2D eigenvalue weighted by molar-refractivity contribution is -0.137. The van der Waals surface area contributed by atoms with E-state index in [4.69, 9.17) is 10.8 Å².